The van der Waals surface area contributed by atoms with E-state index in [0.717, 1.165) is 74.2 Å². The molecule has 0 aliphatic carbocycles. The summed E-state index contributed by atoms with van der Waals surface area (Å²) in [5, 5.41) is 0. The Labute approximate surface area is 373 Å². The molecule has 2 aromatic carbocycles. The van der Waals surface area contributed by atoms with Gasteiger partial charge in [0.2, 0.25) is 0 Å². The molecule has 0 unspecified atom stereocenters. The van der Waals surface area contributed by atoms with Crippen molar-refractivity contribution in [3.63, 3.8) is 0 Å². The molecule has 0 bridgehead atoms. The fourth-order valence-electron chi connectivity index (χ4n) is 7.75. The molecule has 0 amide bonds. The molecule has 0 radical (unpaired) electrons. The summed E-state index contributed by atoms with van der Waals surface area (Å²) in [6.07, 6.45) is 54.2. The van der Waals surface area contributed by atoms with Gasteiger partial charge in [0, 0.05) is 6.42 Å². The fraction of sp³-hybridized carbons (Fsp3) is 0.655. The number of hydrogen-bond donors (Lipinski definition) is 0. The van der Waals surface area contributed by atoms with Gasteiger partial charge in [-0.3, -0.25) is 4.99 Å². The van der Waals surface area contributed by atoms with Gasteiger partial charge in [-0.15, -0.1) is 0 Å². The summed E-state index contributed by atoms with van der Waals surface area (Å²) >= 11 is 0. The van der Waals surface area contributed by atoms with Crippen molar-refractivity contribution in [2.75, 3.05) is 0 Å². The second-order valence-corrected chi connectivity index (χ2v) is 17.6. The quantitative estimate of drug-likeness (QED) is 0.0366. The summed E-state index contributed by atoms with van der Waals surface area (Å²) in [5.74, 6) is 6.88. The first kappa shape index (κ1) is 53.0. The molecule has 0 aromatic heterocycles. The standard InChI is InChI=1S/C58H92N2/c1-5-9-13-16-18-20-22-24-26-28-30-32-34-36-38-41-53-45-49-55(50-46-53)59-57(43-12-8-4)58(44-40-15-11-7-3)60-56-51-47-54(48-52-56)42-39-37-35-33-31-29-27-25-23-21-19-17-14-10-6-2/h38-39,41-42,45-52H,5-37,43H2,1-4H3. The Morgan fingerprint density at radius 2 is 0.750 bits per heavy atom. The second kappa shape index (κ2) is 39.9. The number of benzene rings is 2. The molecule has 2 heteroatoms. The Balaban J connectivity index is 1.85. The average Bonchev–Trinajstić information content (AvgIpc) is 3.27. The number of allylic oxidation sites excluding steroid dienone is 2. The molecule has 0 heterocycles. The van der Waals surface area contributed by atoms with E-state index in [0.29, 0.717) is 0 Å². The van der Waals surface area contributed by atoms with E-state index in [-0.39, 0.29) is 0 Å². The minimum atomic E-state index is 0.812. The molecule has 334 valence electrons. The lowest BCUT2D eigenvalue weighted by Crippen LogP contribution is -2.12. The summed E-state index contributed by atoms with van der Waals surface area (Å²) in [6, 6.07) is 17.3. The SMILES string of the molecule is CCCCC#CC(=Nc1ccc(C=CCCCCCCCCCCCCCCC)cc1)C(CCCC)=Nc1ccc(C=CCCCCCCCCCCCCCCC)cc1. The van der Waals surface area contributed by atoms with Gasteiger partial charge in [-0.05, 0) is 86.3 Å². The van der Waals surface area contributed by atoms with Crippen LogP contribution in [0.3, 0.4) is 0 Å². The van der Waals surface area contributed by atoms with Gasteiger partial charge in [-0.1, -0.05) is 249 Å². The molecular formula is C58H92N2. The van der Waals surface area contributed by atoms with Crippen molar-refractivity contribution >= 4 is 35.0 Å². The maximum absolute atomic E-state index is 5.18. The average molecular weight is 817 g/mol. The topological polar surface area (TPSA) is 24.7 Å². The van der Waals surface area contributed by atoms with E-state index >= 15 is 0 Å². The van der Waals surface area contributed by atoms with Gasteiger partial charge < -0.3 is 0 Å². The Morgan fingerprint density at radius 3 is 1.13 bits per heavy atom. The summed E-state index contributed by atoms with van der Waals surface area (Å²) in [5.41, 5.74) is 6.20. The van der Waals surface area contributed by atoms with Gasteiger partial charge in [0.15, 0.2) is 0 Å². The number of rotatable bonds is 38. The molecule has 2 rings (SSSR count). The van der Waals surface area contributed by atoms with Crippen LogP contribution in [0.2, 0.25) is 0 Å². The summed E-state index contributed by atoms with van der Waals surface area (Å²) in [7, 11) is 0. The van der Waals surface area contributed by atoms with E-state index in [4.69, 9.17) is 9.98 Å². The van der Waals surface area contributed by atoms with E-state index in [1.54, 1.807) is 0 Å². The lowest BCUT2D eigenvalue weighted by Gasteiger charge is -2.07. The van der Waals surface area contributed by atoms with Crippen LogP contribution in [0.5, 0.6) is 0 Å². The zero-order valence-electron chi connectivity index (χ0n) is 39.9. The van der Waals surface area contributed by atoms with Gasteiger partial charge in [-0.2, -0.15) is 0 Å². The Kier molecular flexibility index (Phi) is 35.2. The molecule has 0 fully saturated rings. The molecule has 0 spiro atoms. The van der Waals surface area contributed by atoms with E-state index in [1.807, 2.05) is 0 Å². The Bertz CT molecular complexity index is 1440. The zero-order chi connectivity index (χ0) is 42.8. The van der Waals surface area contributed by atoms with Crippen LogP contribution >= 0.6 is 0 Å². The first-order chi connectivity index (χ1) is 29.7. The van der Waals surface area contributed by atoms with Crippen LogP contribution in [-0.4, -0.2) is 11.4 Å². The Hall–Kier alpha value is -3.18. The molecule has 0 saturated heterocycles. The van der Waals surface area contributed by atoms with Crippen molar-refractivity contribution in [2.45, 2.75) is 246 Å². The molecule has 60 heavy (non-hydrogen) atoms. The molecule has 2 aromatic rings. The highest BCUT2D eigenvalue weighted by Gasteiger charge is 2.09. The molecular weight excluding hydrogens is 725 g/mol. The van der Waals surface area contributed by atoms with Crippen molar-refractivity contribution < 1.29 is 0 Å². The number of unbranched alkanes of at least 4 members (excludes halogenated alkanes) is 29. The monoisotopic (exact) mass is 817 g/mol. The van der Waals surface area contributed by atoms with Crippen LogP contribution in [0.1, 0.15) is 257 Å². The molecule has 2 nitrogen and oxygen atoms in total. The minimum absolute atomic E-state index is 0.812. The van der Waals surface area contributed by atoms with Gasteiger partial charge in [0.05, 0.1) is 17.1 Å². The van der Waals surface area contributed by atoms with Crippen LogP contribution < -0.4 is 0 Å². The summed E-state index contributed by atoms with van der Waals surface area (Å²) in [6.45, 7) is 9.06. The maximum Gasteiger partial charge on any atom is 0.135 e. The highest BCUT2D eigenvalue weighted by Crippen LogP contribution is 2.21. The van der Waals surface area contributed by atoms with Gasteiger partial charge in [0.1, 0.15) is 5.71 Å². The normalized spacial score (nSPS) is 12.2. The van der Waals surface area contributed by atoms with Gasteiger partial charge >= 0.3 is 0 Å². The number of hydrogen-bond acceptors (Lipinski definition) is 2. The van der Waals surface area contributed by atoms with Crippen LogP contribution in [0.4, 0.5) is 11.4 Å². The highest BCUT2D eigenvalue weighted by atomic mass is 14.8. The third kappa shape index (κ3) is 29.9. The van der Waals surface area contributed by atoms with E-state index in [2.05, 4.69) is 112 Å². The number of nitrogens with zero attached hydrogens (tertiary/aromatic N) is 2. The van der Waals surface area contributed by atoms with Gasteiger partial charge in [-0.25, -0.2) is 4.99 Å². The van der Waals surface area contributed by atoms with Crippen LogP contribution in [-0.2, 0) is 0 Å². The summed E-state index contributed by atoms with van der Waals surface area (Å²) < 4.78 is 0. The van der Waals surface area contributed by atoms with Crippen LogP contribution in [0.15, 0.2) is 70.7 Å². The van der Waals surface area contributed by atoms with Crippen LogP contribution in [0.25, 0.3) is 12.2 Å². The molecule has 0 atom stereocenters. The van der Waals surface area contributed by atoms with Crippen molar-refractivity contribution in [3.8, 4) is 11.8 Å². The third-order valence-corrected chi connectivity index (χ3v) is 11.8. The van der Waals surface area contributed by atoms with E-state index in [9.17, 15) is 0 Å². The summed E-state index contributed by atoms with van der Waals surface area (Å²) in [4.78, 5) is 10.3. The maximum atomic E-state index is 5.18. The lowest BCUT2D eigenvalue weighted by molar-refractivity contribution is 0.540. The minimum Gasteiger partial charge on any atom is -0.251 e. The van der Waals surface area contributed by atoms with E-state index < -0.39 is 0 Å². The van der Waals surface area contributed by atoms with Crippen molar-refractivity contribution in [3.05, 3.63) is 71.8 Å². The Morgan fingerprint density at radius 1 is 0.400 bits per heavy atom. The third-order valence-electron chi connectivity index (χ3n) is 11.8. The predicted octanol–water partition coefficient (Wildman–Crippen LogP) is 19.9. The van der Waals surface area contributed by atoms with Gasteiger partial charge in [0.25, 0.3) is 0 Å². The van der Waals surface area contributed by atoms with Crippen molar-refractivity contribution in [1.29, 1.82) is 0 Å². The lowest BCUT2D eigenvalue weighted by atomic mass is 10.0. The molecule has 0 N–H and O–H groups in total. The van der Waals surface area contributed by atoms with Crippen molar-refractivity contribution in [2.24, 2.45) is 9.98 Å². The zero-order valence-corrected chi connectivity index (χ0v) is 39.9. The molecule has 0 aliphatic heterocycles. The second-order valence-electron chi connectivity index (χ2n) is 17.6. The fourth-order valence-corrected chi connectivity index (χ4v) is 7.75. The first-order valence-corrected chi connectivity index (χ1v) is 25.9. The van der Waals surface area contributed by atoms with Crippen LogP contribution in [0, 0.1) is 11.8 Å². The molecule has 0 saturated carbocycles. The predicted molar refractivity (Wildman–Crippen MR) is 273 cm³/mol. The number of aliphatic imine (C=N–C) groups is 2. The van der Waals surface area contributed by atoms with Crippen molar-refractivity contribution in [1.82, 2.24) is 0 Å². The first-order valence-electron chi connectivity index (χ1n) is 25.9. The smallest absolute Gasteiger partial charge is 0.135 e. The molecule has 0 aliphatic rings. The van der Waals surface area contributed by atoms with E-state index in [1.165, 1.54) is 178 Å². The largest absolute Gasteiger partial charge is 0.251 e. The highest BCUT2D eigenvalue weighted by molar-refractivity contribution is 6.49.